The SMILES string of the molecule is COc1ccc(CNC(=S)NC(=O)CCc2ccccc2)cc1. The zero-order valence-corrected chi connectivity index (χ0v) is 13.9. The van der Waals surface area contributed by atoms with Gasteiger partial charge >= 0.3 is 0 Å². The molecule has 2 N–H and O–H groups in total. The molecule has 0 heterocycles. The van der Waals surface area contributed by atoms with Crippen molar-refractivity contribution < 1.29 is 9.53 Å². The maximum absolute atomic E-state index is 11.9. The molecule has 0 bridgehead atoms. The number of nitrogens with one attached hydrogen (secondary N) is 2. The third-order valence-corrected chi connectivity index (χ3v) is 3.60. The van der Waals surface area contributed by atoms with Gasteiger partial charge in [0.05, 0.1) is 7.11 Å². The van der Waals surface area contributed by atoms with Gasteiger partial charge in [0.1, 0.15) is 5.75 Å². The highest BCUT2D eigenvalue weighted by atomic mass is 32.1. The minimum Gasteiger partial charge on any atom is -0.497 e. The van der Waals surface area contributed by atoms with Crippen LogP contribution in [-0.2, 0) is 17.8 Å². The average molecular weight is 328 g/mol. The quantitative estimate of drug-likeness (QED) is 0.801. The number of ether oxygens (including phenoxy) is 1. The summed E-state index contributed by atoms with van der Waals surface area (Å²) in [6.45, 7) is 0.557. The smallest absolute Gasteiger partial charge is 0.226 e. The number of amides is 1. The zero-order valence-electron chi connectivity index (χ0n) is 13.0. The number of carbonyl (C=O) groups is 1. The van der Waals surface area contributed by atoms with E-state index in [2.05, 4.69) is 10.6 Å². The standard InChI is InChI=1S/C18H20N2O2S/c1-22-16-10-7-15(8-11-16)13-19-18(23)20-17(21)12-9-14-5-3-2-4-6-14/h2-8,10-11H,9,12-13H2,1H3,(H2,19,20,21,23). The Hall–Kier alpha value is -2.40. The fourth-order valence-corrected chi connectivity index (χ4v) is 2.25. The van der Waals surface area contributed by atoms with Gasteiger partial charge in [-0.15, -0.1) is 0 Å². The molecule has 23 heavy (non-hydrogen) atoms. The molecule has 2 aromatic carbocycles. The lowest BCUT2D eigenvalue weighted by atomic mass is 10.1. The molecule has 0 saturated carbocycles. The molecule has 4 nitrogen and oxygen atoms in total. The molecule has 0 unspecified atom stereocenters. The van der Waals surface area contributed by atoms with E-state index in [0.29, 0.717) is 24.5 Å². The molecule has 0 aliphatic heterocycles. The number of benzene rings is 2. The number of aryl methyl sites for hydroxylation is 1. The second-order valence-electron chi connectivity index (χ2n) is 5.06. The Balaban J connectivity index is 1.70. The molecule has 0 aromatic heterocycles. The molecule has 0 saturated heterocycles. The van der Waals surface area contributed by atoms with Gasteiger partial charge in [0, 0.05) is 13.0 Å². The molecular weight excluding hydrogens is 308 g/mol. The third-order valence-electron chi connectivity index (χ3n) is 3.35. The van der Waals surface area contributed by atoms with E-state index >= 15 is 0 Å². The summed E-state index contributed by atoms with van der Waals surface area (Å²) < 4.78 is 5.11. The molecular formula is C18H20N2O2S. The Morgan fingerprint density at radius 2 is 1.74 bits per heavy atom. The summed E-state index contributed by atoms with van der Waals surface area (Å²) in [4.78, 5) is 11.9. The first kappa shape index (κ1) is 17.0. The summed E-state index contributed by atoms with van der Waals surface area (Å²) in [6.07, 6.45) is 1.11. The largest absolute Gasteiger partial charge is 0.497 e. The number of hydrogen-bond acceptors (Lipinski definition) is 3. The normalized spacial score (nSPS) is 9.96. The first-order valence-electron chi connectivity index (χ1n) is 7.42. The van der Waals surface area contributed by atoms with Gasteiger partial charge in [-0.25, -0.2) is 0 Å². The Bertz CT molecular complexity index is 642. The first-order chi connectivity index (χ1) is 11.2. The molecule has 2 rings (SSSR count). The second-order valence-corrected chi connectivity index (χ2v) is 5.47. The van der Waals surface area contributed by atoms with E-state index in [1.807, 2.05) is 54.6 Å². The van der Waals surface area contributed by atoms with Crippen molar-refractivity contribution in [3.05, 3.63) is 65.7 Å². The van der Waals surface area contributed by atoms with Crippen LogP contribution in [0.4, 0.5) is 0 Å². The maximum Gasteiger partial charge on any atom is 0.226 e. The number of hydrogen-bond donors (Lipinski definition) is 2. The Morgan fingerprint density at radius 1 is 1.04 bits per heavy atom. The molecule has 2 aromatic rings. The van der Waals surface area contributed by atoms with E-state index in [1.54, 1.807) is 7.11 Å². The Labute approximate surface area is 141 Å². The van der Waals surface area contributed by atoms with Crippen molar-refractivity contribution in [2.45, 2.75) is 19.4 Å². The molecule has 0 atom stereocenters. The summed E-state index contributed by atoms with van der Waals surface area (Å²) in [6, 6.07) is 17.6. The lowest BCUT2D eigenvalue weighted by Gasteiger charge is -2.10. The highest BCUT2D eigenvalue weighted by Gasteiger charge is 2.05. The molecule has 0 aliphatic carbocycles. The highest BCUT2D eigenvalue weighted by molar-refractivity contribution is 7.80. The average Bonchev–Trinajstić information content (AvgIpc) is 2.59. The predicted octanol–water partition coefficient (Wildman–Crippen LogP) is 2.82. The summed E-state index contributed by atoms with van der Waals surface area (Å²) in [7, 11) is 1.63. The molecule has 0 spiro atoms. The zero-order chi connectivity index (χ0) is 16.5. The summed E-state index contributed by atoms with van der Waals surface area (Å²) >= 11 is 5.14. The number of rotatable bonds is 6. The van der Waals surface area contributed by atoms with E-state index in [4.69, 9.17) is 17.0 Å². The van der Waals surface area contributed by atoms with Crippen LogP contribution < -0.4 is 15.4 Å². The van der Waals surface area contributed by atoms with Gasteiger partial charge < -0.3 is 15.4 Å². The molecule has 0 radical (unpaired) electrons. The van der Waals surface area contributed by atoms with Gasteiger partial charge in [-0.3, -0.25) is 4.79 Å². The van der Waals surface area contributed by atoms with Gasteiger partial charge in [-0.2, -0.15) is 0 Å². The van der Waals surface area contributed by atoms with Crippen LogP contribution in [0.15, 0.2) is 54.6 Å². The van der Waals surface area contributed by atoms with Crippen molar-refractivity contribution in [1.29, 1.82) is 0 Å². The molecule has 0 aliphatic rings. The van der Waals surface area contributed by atoms with Crippen molar-refractivity contribution in [3.8, 4) is 5.75 Å². The van der Waals surface area contributed by atoms with Crippen molar-refractivity contribution >= 4 is 23.2 Å². The van der Waals surface area contributed by atoms with Crippen LogP contribution >= 0.6 is 12.2 Å². The van der Waals surface area contributed by atoms with E-state index in [0.717, 1.165) is 16.9 Å². The van der Waals surface area contributed by atoms with Crippen molar-refractivity contribution in [3.63, 3.8) is 0 Å². The van der Waals surface area contributed by atoms with Crippen LogP contribution in [0, 0.1) is 0 Å². The molecule has 1 amide bonds. The van der Waals surface area contributed by atoms with E-state index in [9.17, 15) is 4.79 Å². The summed E-state index contributed by atoms with van der Waals surface area (Å²) in [5.74, 6) is 0.728. The van der Waals surface area contributed by atoms with E-state index in [1.165, 1.54) is 0 Å². The van der Waals surface area contributed by atoms with Crippen molar-refractivity contribution in [2.24, 2.45) is 0 Å². The molecule has 120 valence electrons. The lowest BCUT2D eigenvalue weighted by molar-refractivity contribution is -0.119. The lowest BCUT2D eigenvalue weighted by Crippen LogP contribution is -2.38. The highest BCUT2D eigenvalue weighted by Crippen LogP contribution is 2.10. The van der Waals surface area contributed by atoms with Crippen LogP contribution in [0.2, 0.25) is 0 Å². The topological polar surface area (TPSA) is 50.4 Å². The van der Waals surface area contributed by atoms with Gasteiger partial charge in [-0.1, -0.05) is 42.5 Å². The van der Waals surface area contributed by atoms with Crippen LogP contribution in [0.25, 0.3) is 0 Å². The maximum atomic E-state index is 11.9. The van der Waals surface area contributed by atoms with Crippen molar-refractivity contribution in [2.75, 3.05) is 7.11 Å². The predicted molar refractivity (Wildman–Crippen MR) is 95.3 cm³/mol. The third kappa shape index (κ3) is 6.08. The van der Waals surface area contributed by atoms with E-state index in [-0.39, 0.29) is 5.91 Å². The Kier molecular flexibility index (Phi) is 6.56. The van der Waals surface area contributed by atoms with Crippen LogP contribution in [0.3, 0.4) is 0 Å². The molecule has 5 heteroatoms. The minimum atomic E-state index is -0.0823. The first-order valence-corrected chi connectivity index (χ1v) is 7.83. The van der Waals surface area contributed by atoms with Crippen molar-refractivity contribution in [1.82, 2.24) is 10.6 Å². The number of carbonyl (C=O) groups excluding carboxylic acids is 1. The fraction of sp³-hybridized carbons (Fsp3) is 0.222. The number of thiocarbonyl (C=S) groups is 1. The van der Waals surface area contributed by atoms with Crippen LogP contribution in [0.5, 0.6) is 5.75 Å². The Morgan fingerprint density at radius 3 is 2.39 bits per heavy atom. The minimum absolute atomic E-state index is 0.0823. The van der Waals surface area contributed by atoms with Crippen LogP contribution in [-0.4, -0.2) is 18.1 Å². The second kappa shape index (κ2) is 8.90. The summed E-state index contributed by atoms with van der Waals surface area (Å²) in [5, 5.41) is 6.07. The molecule has 0 fully saturated rings. The summed E-state index contributed by atoms with van der Waals surface area (Å²) in [5.41, 5.74) is 2.20. The van der Waals surface area contributed by atoms with Gasteiger partial charge in [0.25, 0.3) is 0 Å². The number of methoxy groups -OCH3 is 1. The van der Waals surface area contributed by atoms with Gasteiger partial charge in [0.15, 0.2) is 5.11 Å². The fourth-order valence-electron chi connectivity index (χ4n) is 2.06. The monoisotopic (exact) mass is 328 g/mol. The van der Waals surface area contributed by atoms with E-state index < -0.39 is 0 Å². The van der Waals surface area contributed by atoms with Gasteiger partial charge in [0.2, 0.25) is 5.91 Å². The van der Waals surface area contributed by atoms with Gasteiger partial charge in [-0.05, 0) is 41.9 Å². The van der Waals surface area contributed by atoms with Crippen LogP contribution in [0.1, 0.15) is 17.5 Å².